The van der Waals surface area contributed by atoms with Gasteiger partial charge >= 0.3 is 0 Å². The average molecular weight is 303 g/mol. The fourth-order valence-electron chi connectivity index (χ4n) is 2.15. The summed E-state index contributed by atoms with van der Waals surface area (Å²) in [6, 6.07) is 9.54. The Bertz CT molecular complexity index is 732. The molecule has 98 valence electrons. The lowest BCUT2D eigenvalue weighted by atomic mass is 9.97. The van der Waals surface area contributed by atoms with Crippen LogP contribution in [-0.2, 0) is 6.42 Å². The lowest BCUT2D eigenvalue weighted by Gasteiger charge is -2.09. The predicted molar refractivity (Wildman–Crippen MR) is 77.8 cm³/mol. The molecule has 0 amide bonds. The van der Waals surface area contributed by atoms with E-state index in [4.69, 9.17) is 28.5 Å². The highest BCUT2D eigenvalue weighted by atomic mass is 35.5. The van der Waals surface area contributed by atoms with Crippen LogP contribution in [0.3, 0.4) is 0 Å². The second-order valence-electron chi connectivity index (χ2n) is 4.41. The zero-order chi connectivity index (χ0) is 14.1. The van der Waals surface area contributed by atoms with E-state index >= 15 is 0 Å². The summed E-state index contributed by atoms with van der Waals surface area (Å²) in [5.74, 6) is 0.0240. The molecule has 0 bridgehead atoms. The summed E-state index contributed by atoms with van der Waals surface area (Å²) >= 11 is 11.8. The normalized spacial score (nSPS) is 15.9. The first-order valence-corrected chi connectivity index (χ1v) is 6.69. The van der Waals surface area contributed by atoms with E-state index in [-0.39, 0.29) is 16.4 Å². The third-order valence-corrected chi connectivity index (χ3v) is 3.55. The van der Waals surface area contributed by atoms with E-state index in [0.29, 0.717) is 11.3 Å². The van der Waals surface area contributed by atoms with Crippen LogP contribution in [0.15, 0.2) is 29.3 Å². The monoisotopic (exact) mass is 302 g/mol. The van der Waals surface area contributed by atoms with Crippen LogP contribution < -0.4 is 0 Å². The third-order valence-electron chi connectivity index (χ3n) is 3.11. The molecule has 0 aliphatic carbocycles. The molecule has 0 N–H and O–H groups in total. The van der Waals surface area contributed by atoms with Crippen molar-refractivity contribution in [3.05, 3.63) is 51.5 Å². The molecule has 3 rings (SSSR count). The number of aliphatic imine (C=N–C) groups is 1. The number of rotatable bonds is 2. The Kier molecular flexibility index (Phi) is 3.39. The Labute approximate surface area is 125 Å². The highest BCUT2D eigenvalue weighted by Gasteiger charge is 2.24. The summed E-state index contributed by atoms with van der Waals surface area (Å²) in [4.78, 5) is 12.4. The standard InChI is InChI=1S/C14H8Cl2N4/c15-13-12-11(19-14(16)20-13)10(7-18-12)5-8-1-3-9(6-17)4-2-8/h1-4,7,10H,5H2. The Morgan fingerprint density at radius 1 is 1.15 bits per heavy atom. The minimum absolute atomic E-state index is 0.0240. The number of benzene rings is 1. The van der Waals surface area contributed by atoms with Crippen molar-refractivity contribution in [2.24, 2.45) is 4.99 Å². The molecule has 20 heavy (non-hydrogen) atoms. The van der Waals surface area contributed by atoms with Gasteiger partial charge in [-0.25, -0.2) is 9.97 Å². The van der Waals surface area contributed by atoms with Crippen LogP contribution >= 0.6 is 23.2 Å². The van der Waals surface area contributed by atoms with E-state index in [2.05, 4.69) is 21.0 Å². The van der Waals surface area contributed by atoms with Gasteiger partial charge in [0.15, 0.2) is 5.15 Å². The first kappa shape index (κ1) is 13.0. The molecule has 0 radical (unpaired) electrons. The van der Waals surface area contributed by atoms with Gasteiger partial charge in [-0.1, -0.05) is 23.7 Å². The molecule has 1 atom stereocenters. The lowest BCUT2D eigenvalue weighted by Crippen LogP contribution is -2.04. The maximum Gasteiger partial charge on any atom is 0.224 e. The van der Waals surface area contributed by atoms with E-state index in [0.717, 1.165) is 17.7 Å². The molecule has 1 unspecified atom stereocenters. The smallest absolute Gasteiger partial charge is 0.224 e. The number of nitrogens with zero attached hydrogens (tertiary/aromatic N) is 4. The highest BCUT2D eigenvalue weighted by molar-refractivity contribution is 6.34. The van der Waals surface area contributed by atoms with Crippen LogP contribution in [0, 0.1) is 11.3 Å². The van der Waals surface area contributed by atoms with Gasteiger partial charge in [0.05, 0.1) is 17.3 Å². The second-order valence-corrected chi connectivity index (χ2v) is 5.11. The first-order chi connectivity index (χ1) is 9.67. The zero-order valence-corrected chi connectivity index (χ0v) is 11.7. The number of nitriles is 1. The summed E-state index contributed by atoms with van der Waals surface area (Å²) in [6.45, 7) is 0. The van der Waals surface area contributed by atoms with Crippen LogP contribution in [0.4, 0.5) is 5.69 Å². The number of hydrogen-bond acceptors (Lipinski definition) is 4. The molecule has 0 saturated heterocycles. The van der Waals surface area contributed by atoms with Crippen LogP contribution in [0.1, 0.15) is 22.7 Å². The summed E-state index contributed by atoms with van der Waals surface area (Å²) in [5.41, 5.74) is 3.08. The van der Waals surface area contributed by atoms with Gasteiger partial charge in [0.1, 0.15) is 5.69 Å². The first-order valence-electron chi connectivity index (χ1n) is 5.93. The van der Waals surface area contributed by atoms with Crippen molar-refractivity contribution < 1.29 is 0 Å². The molecular formula is C14H8Cl2N4. The van der Waals surface area contributed by atoms with Crippen molar-refractivity contribution in [2.75, 3.05) is 0 Å². The molecule has 0 spiro atoms. The SMILES string of the molecule is N#Cc1ccc(CC2C=Nc3c(Cl)nc(Cl)nc32)cc1. The fourth-order valence-corrected chi connectivity index (χ4v) is 2.59. The van der Waals surface area contributed by atoms with E-state index in [1.807, 2.05) is 12.1 Å². The fraction of sp³-hybridized carbons (Fsp3) is 0.143. The molecule has 1 aliphatic rings. The molecule has 1 aromatic carbocycles. The van der Waals surface area contributed by atoms with E-state index < -0.39 is 0 Å². The Balaban J connectivity index is 1.88. The summed E-state index contributed by atoms with van der Waals surface area (Å²) in [7, 11) is 0. The Hall–Kier alpha value is -1.96. The van der Waals surface area contributed by atoms with Gasteiger partial charge in [-0.05, 0) is 35.7 Å². The van der Waals surface area contributed by atoms with E-state index in [1.165, 1.54) is 0 Å². The van der Waals surface area contributed by atoms with Crippen molar-refractivity contribution in [3.63, 3.8) is 0 Å². The van der Waals surface area contributed by atoms with Gasteiger partial charge in [0.2, 0.25) is 5.28 Å². The second kappa shape index (κ2) is 5.20. The average Bonchev–Trinajstić information content (AvgIpc) is 2.83. The van der Waals surface area contributed by atoms with Crippen LogP contribution in [0.25, 0.3) is 0 Å². The molecular weight excluding hydrogens is 295 g/mol. The van der Waals surface area contributed by atoms with Crippen molar-refractivity contribution in [1.29, 1.82) is 5.26 Å². The van der Waals surface area contributed by atoms with Crippen molar-refractivity contribution in [1.82, 2.24) is 9.97 Å². The molecule has 2 aromatic rings. The van der Waals surface area contributed by atoms with Gasteiger partial charge in [-0.15, -0.1) is 0 Å². The molecule has 1 aliphatic heterocycles. The number of halogens is 2. The van der Waals surface area contributed by atoms with Crippen molar-refractivity contribution in [3.8, 4) is 6.07 Å². The van der Waals surface area contributed by atoms with Crippen LogP contribution in [-0.4, -0.2) is 16.2 Å². The third kappa shape index (κ3) is 2.38. The molecule has 0 fully saturated rings. The number of hydrogen-bond donors (Lipinski definition) is 0. The predicted octanol–water partition coefficient (Wildman–Crippen LogP) is 3.70. The van der Waals surface area contributed by atoms with Crippen molar-refractivity contribution >= 4 is 35.1 Å². The molecule has 2 heterocycles. The largest absolute Gasteiger partial charge is 0.255 e. The number of fused-ring (bicyclic) bond motifs is 1. The van der Waals surface area contributed by atoms with E-state index in [1.54, 1.807) is 18.3 Å². The number of aromatic nitrogens is 2. The quantitative estimate of drug-likeness (QED) is 0.628. The topological polar surface area (TPSA) is 61.9 Å². The van der Waals surface area contributed by atoms with Crippen molar-refractivity contribution in [2.45, 2.75) is 12.3 Å². The maximum absolute atomic E-state index is 8.79. The summed E-state index contributed by atoms with van der Waals surface area (Å²) in [6.07, 6.45) is 2.53. The van der Waals surface area contributed by atoms with Gasteiger partial charge in [-0.2, -0.15) is 5.26 Å². The Morgan fingerprint density at radius 2 is 1.90 bits per heavy atom. The molecule has 6 heteroatoms. The molecule has 0 saturated carbocycles. The highest BCUT2D eigenvalue weighted by Crippen LogP contribution is 2.37. The molecule has 1 aromatic heterocycles. The molecule has 4 nitrogen and oxygen atoms in total. The lowest BCUT2D eigenvalue weighted by molar-refractivity contribution is 0.864. The van der Waals surface area contributed by atoms with Gasteiger partial charge in [0.25, 0.3) is 0 Å². The van der Waals surface area contributed by atoms with Gasteiger partial charge < -0.3 is 0 Å². The van der Waals surface area contributed by atoms with E-state index in [9.17, 15) is 0 Å². The maximum atomic E-state index is 8.79. The summed E-state index contributed by atoms with van der Waals surface area (Å²) < 4.78 is 0. The minimum Gasteiger partial charge on any atom is -0.255 e. The minimum atomic E-state index is 0.0240. The van der Waals surface area contributed by atoms with Gasteiger partial charge in [0, 0.05) is 12.1 Å². The van der Waals surface area contributed by atoms with Gasteiger partial charge in [-0.3, -0.25) is 4.99 Å². The van der Waals surface area contributed by atoms with Crippen LogP contribution in [0.5, 0.6) is 0 Å². The zero-order valence-electron chi connectivity index (χ0n) is 10.2. The summed E-state index contributed by atoms with van der Waals surface area (Å²) in [5, 5.41) is 9.19. The van der Waals surface area contributed by atoms with Crippen LogP contribution in [0.2, 0.25) is 10.4 Å². The Morgan fingerprint density at radius 3 is 2.60 bits per heavy atom.